The third kappa shape index (κ3) is 9.38. The van der Waals surface area contributed by atoms with Crippen LogP contribution in [0.4, 0.5) is 21.0 Å². The van der Waals surface area contributed by atoms with E-state index in [9.17, 15) is 19.2 Å². The predicted octanol–water partition coefficient (Wildman–Crippen LogP) is 4.76. The van der Waals surface area contributed by atoms with Gasteiger partial charge in [-0.2, -0.15) is 0 Å². The fourth-order valence-electron chi connectivity index (χ4n) is 3.08. The molecule has 3 rings (SSSR count). The van der Waals surface area contributed by atoms with Crippen LogP contribution in [0.1, 0.15) is 36.7 Å². The Bertz CT molecular complexity index is 1370. The molecule has 0 radical (unpaired) electrons. The van der Waals surface area contributed by atoms with E-state index in [0.717, 1.165) is 0 Å². The van der Waals surface area contributed by atoms with Crippen LogP contribution in [0, 0.1) is 6.92 Å². The van der Waals surface area contributed by atoms with Gasteiger partial charge in [0.15, 0.2) is 0 Å². The van der Waals surface area contributed by atoms with Gasteiger partial charge < -0.3 is 25.4 Å². The Balaban J connectivity index is 1.57. The van der Waals surface area contributed by atoms with Crippen molar-refractivity contribution in [3.05, 3.63) is 70.5 Å². The van der Waals surface area contributed by atoms with E-state index in [2.05, 4.69) is 47.2 Å². The van der Waals surface area contributed by atoms with E-state index in [0.29, 0.717) is 21.5 Å². The lowest BCUT2D eigenvalue weighted by atomic mass is 10.1. The summed E-state index contributed by atoms with van der Waals surface area (Å²) in [6.45, 7) is 6.49. The Labute approximate surface area is 233 Å². The van der Waals surface area contributed by atoms with Crippen LogP contribution in [-0.4, -0.2) is 46.1 Å². The molecule has 0 unspecified atom stereocenters. The number of nitrogens with zero attached hydrogens (tertiary/aromatic N) is 2. The molecule has 4 N–H and O–H groups in total. The highest BCUT2D eigenvalue weighted by molar-refractivity contribution is 9.10. The zero-order chi connectivity index (χ0) is 28.6. The third-order valence-corrected chi connectivity index (χ3v) is 5.11. The summed E-state index contributed by atoms with van der Waals surface area (Å²) >= 11 is 3.26. The first-order valence-corrected chi connectivity index (χ1v) is 12.4. The third-order valence-electron chi connectivity index (χ3n) is 4.70. The fraction of sp³-hybridized carbons (Fsp3) is 0.231. The van der Waals surface area contributed by atoms with Crippen LogP contribution in [0.25, 0.3) is 0 Å². The van der Waals surface area contributed by atoms with Crippen molar-refractivity contribution >= 4 is 51.2 Å². The number of carbonyl (C=O) groups is 4. The van der Waals surface area contributed by atoms with Gasteiger partial charge in [-0.1, -0.05) is 12.1 Å². The van der Waals surface area contributed by atoms with E-state index in [-0.39, 0.29) is 23.8 Å². The predicted molar refractivity (Wildman–Crippen MR) is 147 cm³/mol. The quantitative estimate of drug-likeness (QED) is 0.302. The number of alkyl carbamates (subject to hydrolysis) is 1. The molecule has 12 nitrogen and oxygen atoms in total. The Kier molecular flexibility index (Phi) is 9.55. The lowest BCUT2D eigenvalue weighted by Gasteiger charge is -2.19. The monoisotopic (exact) mass is 598 g/mol. The number of urea groups is 1. The van der Waals surface area contributed by atoms with Crippen molar-refractivity contribution in [3.8, 4) is 11.8 Å². The van der Waals surface area contributed by atoms with Crippen molar-refractivity contribution in [3.63, 3.8) is 0 Å². The van der Waals surface area contributed by atoms with Gasteiger partial charge in [0.25, 0.3) is 5.91 Å². The van der Waals surface area contributed by atoms with Crippen molar-refractivity contribution in [2.75, 3.05) is 17.2 Å². The van der Waals surface area contributed by atoms with Gasteiger partial charge in [-0.3, -0.25) is 14.9 Å². The van der Waals surface area contributed by atoms with E-state index in [1.807, 2.05) is 0 Å². The summed E-state index contributed by atoms with van der Waals surface area (Å²) in [5, 5.41) is 9.69. The van der Waals surface area contributed by atoms with E-state index in [1.54, 1.807) is 70.4 Å². The number of aromatic nitrogens is 2. The minimum absolute atomic E-state index is 0.0488. The molecular weight excluding hydrogens is 572 g/mol. The highest BCUT2D eigenvalue weighted by Crippen LogP contribution is 2.26. The molecule has 204 valence electrons. The second-order valence-corrected chi connectivity index (χ2v) is 10.0. The first kappa shape index (κ1) is 29.0. The Hall–Kier alpha value is -4.52. The smallest absolute Gasteiger partial charge is 0.408 e. The number of rotatable bonds is 7. The maximum Gasteiger partial charge on any atom is 0.408 e. The van der Waals surface area contributed by atoms with Crippen molar-refractivity contribution in [2.45, 2.75) is 33.3 Å². The maximum absolute atomic E-state index is 12.8. The van der Waals surface area contributed by atoms with Crippen LogP contribution in [0.15, 0.2) is 59.3 Å². The number of amides is 5. The molecule has 13 heteroatoms. The summed E-state index contributed by atoms with van der Waals surface area (Å²) in [7, 11) is 0. The van der Waals surface area contributed by atoms with Crippen LogP contribution in [0.2, 0.25) is 0 Å². The lowest BCUT2D eigenvalue weighted by Crippen LogP contribution is -2.38. The van der Waals surface area contributed by atoms with Crippen molar-refractivity contribution in [2.24, 2.45) is 0 Å². The summed E-state index contributed by atoms with van der Waals surface area (Å²) in [6, 6.07) is 10.4. The lowest BCUT2D eigenvalue weighted by molar-refractivity contribution is -0.115. The number of halogens is 1. The molecule has 0 aliphatic carbocycles. The number of imide groups is 1. The van der Waals surface area contributed by atoms with Gasteiger partial charge in [-0.15, -0.1) is 0 Å². The average Bonchev–Trinajstić information content (AvgIpc) is 2.85. The molecule has 0 atom stereocenters. The van der Waals surface area contributed by atoms with Gasteiger partial charge >= 0.3 is 18.1 Å². The minimum Gasteiger partial charge on any atom is -0.444 e. The number of para-hydroxylation sites is 1. The molecule has 0 fully saturated rings. The van der Waals surface area contributed by atoms with Crippen LogP contribution >= 0.6 is 15.9 Å². The number of nitrogens with one attached hydrogen (secondary N) is 4. The minimum atomic E-state index is -0.781. The highest BCUT2D eigenvalue weighted by Gasteiger charge is 2.19. The van der Waals surface area contributed by atoms with E-state index in [4.69, 9.17) is 9.47 Å². The molecule has 3 aromatic rings. The summed E-state index contributed by atoms with van der Waals surface area (Å²) in [6.07, 6.45) is 2.36. The molecule has 2 aromatic carbocycles. The average molecular weight is 599 g/mol. The number of aryl methyl sites for hydroxylation is 1. The van der Waals surface area contributed by atoms with E-state index >= 15 is 0 Å². The molecule has 0 bridgehead atoms. The van der Waals surface area contributed by atoms with Crippen LogP contribution < -0.4 is 26.0 Å². The van der Waals surface area contributed by atoms with Crippen LogP contribution in [0.3, 0.4) is 0 Å². The zero-order valence-electron chi connectivity index (χ0n) is 21.6. The second kappa shape index (κ2) is 12.8. The highest BCUT2D eigenvalue weighted by atomic mass is 79.9. The van der Waals surface area contributed by atoms with Gasteiger partial charge in [0, 0.05) is 18.1 Å². The SMILES string of the molecule is Cc1cc(NC(=O)NC(=O)c2ccccc2NC(=O)CNC(=O)OC(C)(C)C)ccc1Oc1ncc(Br)cn1. The maximum atomic E-state index is 12.8. The molecule has 0 saturated carbocycles. The zero-order valence-corrected chi connectivity index (χ0v) is 23.2. The molecule has 0 saturated heterocycles. The molecular formula is C26H27BrN6O6. The van der Waals surface area contributed by atoms with Crippen molar-refractivity contribution in [1.82, 2.24) is 20.6 Å². The van der Waals surface area contributed by atoms with E-state index < -0.39 is 29.5 Å². The Morgan fingerprint density at radius 2 is 1.67 bits per heavy atom. The molecule has 1 heterocycles. The van der Waals surface area contributed by atoms with Crippen LogP contribution in [0.5, 0.6) is 11.8 Å². The van der Waals surface area contributed by atoms with Crippen LogP contribution in [-0.2, 0) is 9.53 Å². The Morgan fingerprint density at radius 3 is 2.33 bits per heavy atom. The molecule has 1 aromatic heterocycles. The number of ether oxygens (including phenoxy) is 2. The van der Waals surface area contributed by atoms with E-state index in [1.165, 1.54) is 12.1 Å². The molecule has 0 aliphatic heterocycles. The van der Waals surface area contributed by atoms with Gasteiger partial charge in [-0.05, 0) is 79.5 Å². The molecule has 5 amide bonds. The summed E-state index contributed by atoms with van der Waals surface area (Å²) in [5.74, 6) is -0.838. The number of carbonyl (C=O) groups excluding carboxylic acids is 4. The normalized spacial score (nSPS) is 10.7. The second-order valence-electron chi connectivity index (χ2n) is 9.12. The first-order valence-electron chi connectivity index (χ1n) is 11.6. The van der Waals surface area contributed by atoms with Gasteiger partial charge in [0.05, 0.1) is 15.7 Å². The fourth-order valence-corrected chi connectivity index (χ4v) is 3.28. The number of anilines is 2. The summed E-state index contributed by atoms with van der Waals surface area (Å²) in [4.78, 5) is 57.4. The van der Waals surface area contributed by atoms with Crippen molar-refractivity contribution in [1.29, 1.82) is 0 Å². The topological polar surface area (TPSA) is 161 Å². The molecule has 0 aliphatic rings. The standard InChI is InChI=1S/C26H27BrN6O6/c1-15-11-17(9-10-20(15)38-24-28-12-16(27)13-29-24)31-23(36)33-22(35)18-7-5-6-8-19(18)32-21(34)14-30-25(37)39-26(2,3)4/h5-13H,14H2,1-4H3,(H,30,37)(H,32,34)(H2,31,33,35,36). The first-order chi connectivity index (χ1) is 18.4. The molecule has 39 heavy (non-hydrogen) atoms. The molecule has 0 spiro atoms. The number of benzene rings is 2. The van der Waals surface area contributed by atoms with Gasteiger partial charge in [-0.25, -0.2) is 19.6 Å². The number of hydrogen-bond acceptors (Lipinski definition) is 8. The van der Waals surface area contributed by atoms with Gasteiger partial charge in [0.2, 0.25) is 5.91 Å². The van der Waals surface area contributed by atoms with Gasteiger partial charge in [0.1, 0.15) is 17.9 Å². The Morgan fingerprint density at radius 1 is 0.974 bits per heavy atom. The number of hydrogen-bond donors (Lipinski definition) is 4. The largest absolute Gasteiger partial charge is 0.444 e. The summed E-state index contributed by atoms with van der Waals surface area (Å²) < 4.78 is 11.5. The van der Waals surface area contributed by atoms with Crippen molar-refractivity contribution < 1.29 is 28.7 Å². The summed E-state index contributed by atoms with van der Waals surface area (Å²) in [5.41, 5.74) is 0.601.